The van der Waals surface area contributed by atoms with Crippen LogP contribution in [0.4, 0.5) is 0 Å². The smallest absolute Gasteiger partial charge is 0.254 e. The van der Waals surface area contributed by atoms with Crippen LogP contribution in [0.5, 0.6) is 17.2 Å². The fraction of sp³-hybridized carbons (Fsp3) is 0.304. The molecule has 1 atom stereocenters. The highest BCUT2D eigenvalue weighted by molar-refractivity contribution is 5.96. The van der Waals surface area contributed by atoms with Gasteiger partial charge in [-0.25, -0.2) is 4.98 Å². The number of nitrogens with zero attached hydrogens (tertiary/aromatic N) is 3. The quantitative estimate of drug-likeness (QED) is 0.633. The molecule has 3 heterocycles. The zero-order valence-electron chi connectivity index (χ0n) is 18.1. The molecule has 1 N–H and O–H groups in total. The number of carbonyl (C=O) groups is 1. The first-order valence-corrected chi connectivity index (χ1v) is 10.2. The van der Waals surface area contributed by atoms with Crippen molar-refractivity contribution in [2.75, 3.05) is 27.9 Å². The molecule has 4 rings (SSSR count). The van der Waals surface area contributed by atoms with E-state index in [0.717, 1.165) is 6.42 Å². The van der Waals surface area contributed by atoms with Crippen LogP contribution < -0.4 is 19.8 Å². The molecule has 0 saturated carbocycles. The second-order valence-corrected chi connectivity index (χ2v) is 7.30. The number of benzene rings is 1. The monoisotopic (exact) mass is 436 g/mol. The first-order chi connectivity index (χ1) is 15.5. The minimum atomic E-state index is -0.363. The number of amides is 1. The van der Waals surface area contributed by atoms with Crippen molar-refractivity contribution in [3.05, 3.63) is 64.3 Å². The molecule has 2 aromatic heterocycles. The van der Waals surface area contributed by atoms with Crippen molar-refractivity contribution in [3.63, 3.8) is 0 Å². The van der Waals surface area contributed by atoms with Gasteiger partial charge in [-0.05, 0) is 37.1 Å². The lowest BCUT2D eigenvalue weighted by molar-refractivity contribution is 0.0729. The summed E-state index contributed by atoms with van der Waals surface area (Å²) in [6.45, 7) is 0.539. The van der Waals surface area contributed by atoms with Crippen molar-refractivity contribution >= 4 is 5.91 Å². The van der Waals surface area contributed by atoms with E-state index >= 15 is 0 Å². The highest BCUT2D eigenvalue weighted by Gasteiger charge is 2.33. The number of aromatic amines is 1. The number of pyridine rings is 1. The predicted molar refractivity (Wildman–Crippen MR) is 117 cm³/mol. The largest absolute Gasteiger partial charge is 0.493 e. The summed E-state index contributed by atoms with van der Waals surface area (Å²) in [6, 6.07) is 9.72. The van der Waals surface area contributed by atoms with Crippen LogP contribution in [0.1, 0.15) is 35.1 Å². The Hall–Kier alpha value is -3.88. The maximum absolute atomic E-state index is 13.4. The number of carbonyl (C=O) groups excluding carboxylic acids is 1. The topological polar surface area (TPSA) is 107 Å². The Labute approximate surface area is 185 Å². The van der Waals surface area contributed by atoms with E-state index in [0.29, 0.717) is 53.0 Å². The van der Waals surface area contributed by atoms with Crippen LogP contribution >= 0.6 is 0 Å². The fourth-order valence-electron chi connectivity index (χ4n) is 3.94. The number of H-pyrrole nitrogens is 1. The van der Waals surface area contributed by atoms with E-state index in [9.17, 15) is 9.59 Å². The molecule has 9 heteroatoms. The minimum Gasteiger partial charge on any atom is -0.493 e. The predicted octanol–water partition coefficient (Wildman–Crippen LogP) is 2.84. The van der Waals surface area contributed by atoms with Gasteiger partial charge in [-0.2, -0.15) is 0 Å². The first-order valence-electron chi connectivity index (χ1n) is 10.2. The Bertz CT molecular complexity index is 1150. The van der Waals surface area contributed by atoms with E-state index < -0.39 is 0 Å². The number of methoxy groups -OCH3 is 3. The Kier molecular flexibility index (Phi) is 6.07. The molecule has 0 aliphatic carbocycles. The number of hydrogen-bond acceptors (Lipinski definition) is 7. The van der Waals surface area contributed by atoms with Gasteiger partial charge in [-0.15, -0.1) is 0 Å². The lowest BCUT2D eigenvalue weighted by Crippen LogP contribution is -2.32. The van der Waals surface area contributed by atoms with Crippen LogP contribution in [0.2, 0.25) is 0 Å². The number of aromatic nitrogens is 3. The van der Waals surface area contributed by atoms with E-state index in [2.05, 4.69) is 15.0 Å². The molecule has 1 amide bonds. The van der Waals surface area contributed by atoms with Crippen LogP contribution in [0, 0.1) is 0 Å². The summed E-state index contributed by atoms with van der Waals surface area (Å²) in [6.07, 6.45) is 3.12. The van der Waals surface area contributed by atoms with E-state index in [1.807, 2.05) is 6.07 Å². The molecule has 32 heavy (non-hydrogen) atoms. The molecule has 0 radical (unpaired) electrons. The van der Waals surface area contributed by atoms with Crippen molar-refractivity contribution in [1.82, 2.24) is 19.9 Å². The summed E-state index contributed by atoms with van der Waals surface area (Å²) in [5.74, 6) is 1.44. The SMILES string of the molecule is COc1cc(C(=O)N2CCC[C@H]2c2nc(-c3ccccn3)cc(=O)[nH]2)cc(OC)c1OC. The molecule has 1 aliphatic rings. The zero-order chi connectivity index (χ0) is 22.7. The van der Waals surface area contributed by atoms with Crippen molar-refractivity contribution in [2.45, 2.75) is 18.9 Å². The molecule has 9 nitrogen and oxygen atoms in total. The second kappa shape index (κ2) is 9.09. The van der Waals surface area contributed by atoms with Gasteiger partial charge in [0.15, 0.2) is 11.5 Å². The normalized spacial score (nSPS) is 15.5. The number of hydrogen-bond donors (Lipinski definition) is 1. The van der Waals surface area contributed by atoms with Gasteiger partial charge in [0.1, 0.15) is 5.82 Å². The molecule has 1 saturated heterocycles. The third-order valence-electron chi connectivity index (χ3n) is 5.43. The lowest BCUT2D eigenvalue weighted by Gasteiger charge is -2.25. The van der Waals surface area contributed by atoms with Crippen molar-refractivity contribution in [1.29, 1.82) is 0 Å². The maximum atomic E-state index is 13.4. The third-order valence-corrected chi connectivity index (χ3v) is 5.43. The van der Waals surface area contributed by atoms with Gasteiger partial charge in [0.25, 0.3) is 11.5 Å². The van der Waals surface area contributed by atoms with Gasteiger partial charge < -0.3 is 24.1 Å². The molecule has 0 bridgehead atoms. The fourth-order valence-corrected chi connectivity index (χ4v) is 3.94. The molecular weight excluding hydrogens is 412 g/mol. The molecule has 0 spiro atoms. The molecule has 3 aromatic rings. The molecule has 0 unspecified atom stereocenters. The van der Waals surface area contributed by atoms with Crippen LogP contribution in [0.3, 0.4) is 0 Å². The van der Waals surface area contributed by atoms with Gasteiger partial charge in [-0.3, -0.25) is 14.6 Å². The second-order valence-electron chi connectivity index (χ2n) is 7.30. The summed E-state index contributed by atoms with van der Waals surface area (Å²) in [7, 11) is 4.51. The average Bonchev–Trinajstić information content (AvgIpc) is 3.32. The zero-order valence-corrected chi connectivity index (χ0v) is 18.1. The summed E-state index contributed by atoms with van der Waals surface area (Å²) in [5.41, 5.74) is 1.18. The summed E-state index contributed by atoms with van der Waals surface area (Å²) in [4.78, 5) is 39.2. The van der Waals surface area contributed by atoms with Crippen LogP contribution in [0.25, 0.3) is 11.4 Å². The lowest BCUT2D eigenvalue weighted by atomic mass is 10.1. The number of nitrogens with one attached hydrogen (secondary N) is 1. The van der Waals surface area contributed by atoms with E-state index in [-0.39, 0.29) is 17.5 Å². The van der Waals surface area contributed by atoms with Gasteiger partial charge in [0.05, 0.1) is 38.8 Å². The number of ether oxygens (including phenoxy) is 3. The van der Waals surface area contributed by atoms with Gasteiger partial charge in [0, 0.05) is 24.4 Å². The third kappa shape index (κ3) is 4.01. The van der Waals surface area contributed by atoms with E-state index in [1.54, 1.807) is 35.4 Å². The molecule has 1 fully saturated rings. The average molecular weight is 436 g/mol. The highest BCUT2D eigenvalue weighted by atomic mass is 16.5. The van der Waals surface area contributed by atoms with Crippen LogP contribution in [-0.2, 0) is 0 Å². The van der Waals surface area contributed by atoms with Crippen LogP contribution in [0.15, 0.2) is 47.4 Å². The summed E-state index contributed by atoms with van der Waals surface area (Å²) >= 11 is 0. The number of likely N-dealkylation sites (tertiary alicyclic amines) is 1. The molecule has 166 valence electrons. The molecule has 1 aromatic carbocycles. The van der Waals surface area contributed by atoms with E-state index in [1.165, 1.54) is 27.4 Å². The highest BCUT2D eigenvalue weighted by Crippen LogP contribution is 2.40. The minimum absolute atomic E-state index is 0.211. The molecule has 1 aliphatic heterocycles. The Morgan fingerprint density at radius 3 is 2.44 bits per heavy atom. The first kappa shape index (κ1) is 21.4. The molecular formula is C23H24N4O5. The van der Waals surface area contributed by atoms with E-state index in [4.69, 9.17) is 14.2 Å². The van der Waals surface area contributed by atoms with Gasteiger partial charge in [0.2, 0.25) is 5.75 Å². The van der Waals surface area contributed by atoms with Crippen LogP contribution in [-0.4, -0.2) is 53.6 Å². The summed E-state index contributed by atoms with van der Waals surface area (Å²) < 4.78 is 16.1. The standard InChI is InChI=1S/C23H24N4O5/c1-30-18-11-14(12-19(31-2)21(18)32-3)23(29)27-10-6-8-17(27)22-25-16(13-20(28)26-22)15-7-4-5-9-24-15/h4-5,7,9,11-13,17H,6,8,10H2,1-3H3,(H,25,26,28)/t17-/m0/s1. The van der Waals surface area contributed by atoms with Gasteiger partial charge >= 0.3 is 0 Å². The van der Waals surface area contributed by atoms with Crippen molar-refractivity contribution in [2.24, 2.45) is 0 Å². The Morgan fingerprint density at radius 2 is 1.81 bits per heavy atom. The maximum Gasteiger partial charge on any atom is 0.254 e. The van der Waals surface area contributed by atoms with Gasteiger partial charge in [-0.1, -0.05) is 6.07 Å². The van der Waals surface area contributed by atoms with Crippen molar-refractivity contribution < 1.29 is 19.0 Å². The number of rotatable bonds is 6. The Morgan fingerprint density at radius 1 is 1.06 bits per heavy atom. The van der Waals surface area contributed by atoms with Crippen molar-refractivity contribution in [3.8, 4) is 28.6 Å². The summed E-state index contributed by atoms with van der Waals surface area (Å²) in [5, 5.41) is 0. The Balaban J connectivity index is 1.70.